The molecule has 0 atom stereocenters. The summed E-state index contributed by atoms with van der Waals surface area (Å²) < 4.78 is 6.57. The molecule has 0 unspecified atom stereocenters. The first-order valence-electron chi connectivity index (χ1n) is 7.82. The van der Waals surface area contributed by atoms with E-state index in [4.69, 9.17) is 16.0 Å². The Bertz CT molecular complexity index is 1120. The summed E-state index contributed by atoms with van der Waals surface area (Å²) in [4.78, 5) is 16.9. The van der Waals surface area contributed by atoms with Gasteiger partial charge in [0.2, 0.25) is 5.89 Å². The van der Waals surface area contributed by atoms with Crippen molar-refractivity contribution in [1.82, 2.24) is 4.98 Å². The summed E-state index contributed by atoms with van der Waals surface area (Å²) in [6.45, 7) is 0. The highest BCUT2D eigenvalue weighted by atomic mass is 79.9. The van der Waals surface area contributed by atoms with E-state index in [-0.39, 0.29) is 5.91 Å². The molecule has 0 saturated carbocycles. The SMILES string of the molecule is O=C(Nc1ccc2nc(-c3cccc(Cl)c3)oc2c1)c1ccccc1Br. The molecule has 1 heterocycles. The van der Waals surface area contributed by atoms with Crippen molar-refractivity contribution in [2.45, 2.75) is 0 Å². The molecule has 1 N–H and O–H groups in total. The molecule has 0 radical (unpaired) electrons. The van der Waals surface area contributed by atoms with Crippen LogP contribution in [0.4, 0.5) is 5.69 Å². The summed E-state index contributed by atoms with van der Waals surface area (Å²) in [6, 6.07) is 19.9. The van der Waals surface area contributed by atoms with Gasteiger partial charge in [-0.15, -0.1) is 0 Å². The Hall–Kier alpha value is -2.63. The van der Waals surface area contributed by atoms with Gasteiger partial charge in [-0.2, -0.15) is 0 Å². The monoisotopic (exact) mass is 426 g/mol. The first-order valence-corrected chi connectivity index (χ1v) is 9.00. The van der Waals surface area contributed by atoms with E-state index in [2.05, 4.69) is 26.2 Å². The van der Waals surface area contributed by atoms with E-state index in [0.717, 1.165) is 10.0 Å². The topological polar surface area (TPSA) is 55.1 Å². The van der Waals surface area contributed by atoms with E-state index in [1.54, 1.807) is 30.3 Å². The Morgan fingerprint density at radius 1 is 1.04 bits per heavy atom. The minimum atomic E-state index is -0.202. The standard InChI is InChI=1S/C20H12BrClN2O2/c21-16-7-2-1-6-15(16)19(25)23-14-8-9-17-18(11-14)26-20(24-17)12-4-3-5-13(22)10-12/h1-11H,(H,23,25). The fourth-order valence-electron chi connectivity index (χ4n) is 2.59. The molecule has 128 valence electrons. The third-order valence-electron chi connectivity index (χ3n) is 3.84. The number of oxazole rings is 1. The fourth-order valence-corrected chi connectivity index (χ4v) is 3.25. The molecule has 0 spiro atoms. The molecule has 0 aliphatic rings. The fraction of sp³-hybridized carbons (Fsp3) is 0. The first kappa shape index (κ1) is 16.8. The number of nitrogens with one attached hydrogen (secondary N) is 1. The highest BCUT2D eigenvalue weighted by Crippen LogP contribution is 2.28. The van der Waals surface area contributed by atoms with Crippen LogP contribution in [-0.2, 0) is 0 Å². The minimum absolute atomic E-state index is 0.202. The predicted octanol–water partition coefficient (Wildman–Crippen LogP) is 6.16. The number of amides is 1. The zero-order valence-corrected chi connectivity index (χ0v) is 15.7. The molecule has 3 aromatic carbocycles. The smallest absolute Gasteiger partial charge is 0.256 e. The first-order chi connectivity index (χ1) is 12.6. The maximum Gasteiger partial charge on any atom is 0.256 e. The van der Waals surface area contributed by atoms with Crippen LogP contribution in [-0.4, -0.2) is 10.9 Å². The average molecular weight is 428 g/mol. The molecule has 4 aromatic rings. The third kappa shape index (κ3) is 3.36. The average Bonchev–Trinajstić information content (AvgIpc) is 3.05. The zero-order valence-electron chi connectivity index (χ0n) is 13.4. The third-order valence-corrected chi connectivity index (χ3v) is 4.76. The number of hydrogen-bond donors (Lipinski definition) is 1. The van der Waals surface area contributed by atoms with Gasteiger partial charge in [0, 0.05) is 26.8 Å². The lowest BCUT2D eigenvalue weighted by atomic mass is 10.2. The van der Waals surface area contributed by atoms with Crippen LogP contribution in [0.25, 0.3) is 22.6 Å². The number of nitrogens with zero attached hydrogens (tertiary/aromatic N) is 1. The molecule has 0 fully saturated rings. The quantitative estimate of drug-likeness (QED) is 0.426. The number of rotatable bonds is 3. The molecule has 0 bridgehead atoms. The minimum Gasteiger partial charge on any atom is -0.436 e. The molecule has 4 rings (SSSR count). The van der Waals surface area contributed by atoms with Crippen molar-refractivity contribution in [2.24, 2.45) is 0 Å². The highest BCUT2D eigenvalue weighted by Gasteiger charge is 2.12. The van der Waals surface area contributed by atoms with Gasteiger partial charge in [0.15, 0.2) is 5.58 Å². The van der Waals surface area contributed by atoms with Gasteiger partial charge in [-0.3, -0.25) is 4.79 Å². The molecule has 0 saturated heterocycles. The van der Waals surface area contributed by atoms with Gasteiger partial charge in [-0.25, -0.2) is 4.98 Å². The maximum atomic E-state index is 12.4. The van der Waals surface area contributed by atoms with Gasteiger partial charge >= 0.3 is 0 Å². The second-order valence-corrected chi connectivity index (χ2v) is 6.94. The number of hydrogen-bond acceptors (Lipinski definition) is 3. The Balaban J connectivity index is 1.64. The van der Waals surface area contributed by atoms with Crippen LogP contribution in [0, 0.1) is 0 Å². The van der Waals surface area contributed by atoms with E-state index >= 15 is 0 Å². The molecule has 4 nitrogen and oxygen atoms in total. The van der Waals surface area contributed by atoms with E-state index in [9.17, 15) is 4.79 Å². The lowest BCUT2D eigenvalue weighted by molar-refractivity contribution is 0.102. The van der Waals surface area contributed by atoms with Gasteiger partial charge in [0.1, 0.15) is 5.52 Å². The number of aromatic nitrogens is 1. The van der Waals surface area contributed by atoms with E-state index in [1.807, 2.05) is 36.4 Å². The second-order valence-electron chi connectivity index (χ2n) is 5.65. The second kappa shape index (κ2) is 6.94. The van der Waals surface area contributed by atoms with Gasteiger partial charge in [-0.1, -0.05) is 29.8 Å². The summed E-state index contributed by atoms with van der Waals surface area (Å²) in [6.07, 6.45) is 0. The lowest BCUT2D eigenvalue weighted by Crippen LogP contribution is -2.12. The van der Waals surface area contributed by atoms with Crippen LogP contribution in [0.3, 0.4) is 0 Å². The summed E-state index contributed by atoms with van der Waals surface area (Å²) in [5.41, 5.74) is 3.29. The number of benzene rings is 3. The van der Waals surface area contributed by atoms with Crippen LogP contribution >= 0.6 is 27.5 Å². The number of halogens is 2. The molecule has 6 heteroatoms. The van der Waals surface area contributed by atoms with Crippen LogP contribution in [0.1, 0.15) is 10.4 Å². The van der Waals surface area contributed by atoms with Gasteiger partial charge < -0.3 is 9.73 Å². The predicted molar refractivity (Wildman–Crippen MR) is 107 cm³/mol. The number of carbonyl (C=O) groups is 1. The molecular weight excluding hydrogens is 416 g/mol. The van der Waals surface area contributed by atoms with Crippen molar-refractivity contribution in [2.75, 3.05) is 5.32 Å². The molecule has 26 heavy (non-hydrogen) atoms. The molecular formula is C20H12BrClN2O2. The molecule has 1 aromatic heterocycles. The molecule has 0 aliphatic carbocycles. The lowest BCUT2D eigenvalue weighted by Gasteiger charge is -2.06. The summed E-state index contributed by atoms with van der Waals surface area (Å²) >= 11 is 9.41. The van der Waals surface area contributed by atoms with Gasteiger partial charge in [-0.05, 0) is 58.4 Å². The van der Waals surface area contributed by atoms with Crippen molar-refractivity contribution in [3.05, 3.63) is 81.8 Å². The summed E-state index contributed by atoms with van der Waals surface area (Å²) in [5.74, 6) is 0.281. The molecule has 1 amide bonds. The van der Waals surface area contributed by atoms with Gasteiger partial charge in [0.25, 0.3) is 5.91 Å². The van der Waals surface area contributed by atoms with E-state index < -0.39 is 0 Å². The number of anilines is 1. The number of carbonyl (C=O) groups excluding carboxylic acids is 1. The van der Waals surface area contributed by atoms with Crippen molar-refractivity contribution >= 4 is 50.2 Å². The highest BCUT2D eigenvalue weighted by molar-refractivity contribution is 9.10. The van der Waals surface area contributed by atoms with Crippen LogP contribution < -0.4 is 5.32 Å². The maximum absolute atomic E-state index is 12.4. The molecule has 0 aliphatic heterocycles. The Kier molecular flexibility index (Phi) is 4.49. The summed E-state index contributed by atoms with van der Waals surface area (Å²) in [7, 11) is 0. The summed E-state index contributed by atoms with van der Waals surface area (Å²) in [5, 5.41) is 3.49. The van der Waals surface area contributed by atoms with Gasteiger partial charge in [0.05, 0.1) is 5.56 Å². The van der Waals surface area contributed by atoms with Crippen molar-refractivity contribution < 1.29 is 9.21 Å². The Morgan fingerprint density at radius 2 is 1.88 bits per heavy atom. The number of fused-ring (bicyclic) bond motifs is 1. The van der Waals surface area contributed by atoms with Crippen LogP contribution in [0.2, 0.25) is 5.02 Å². The normalized spacial score (nSPS) is 10.8. The van der Waals surface area contributed by atoms with Crippen molar-refractivity contribution in [3.63, 3.8) is 0 Å². The largest absolute Gasteiger partial charge is 0.436 e. The van der Waals surface area contributed by atoms with E-state index in [0.29, 0.717) is 33.3 Å². The Morgan fingerprint density at radius 3 is 2.69 bits per heavy atom. The van der Waals surface area contributed by atoms with E-state index in [1.165, 1.54) is 0 Å². The zero-order chi connectivity index (χ0) is 18.1. The van der Waals surface area contributed by atoms with Crippen LogP contribution in [0.5, 0.6) is 0 Å². The Labute approximate surface area is 162 Å². The van der Waals surface area contributed by atoms with Crippen LogP contribution in [0.15, 0.2) is 75.6 Å². The van der Waals surface area contributed by atoms with Crippen molar-refractivity contribution in [1.29, 1.82) is 0 Å². The van der Waals surface area contributed by atoms with Crippen molar-refractivity contribution in [3.8, 4) is 11.5 Å².